The molecule has 0 saturated carbocycles. The fraction of sp³-hybridized carbons (Fsp3) is 0.333. The fourth-order valence-electron chi connectivity index (χ4n) is 3.81. The first-order valence-electron chi connectivity index (χ1n) is 8.46. The summed E-state index contributed by atoms with van der Waals surface area (Å²) >= 11 is 0. The standard InChI is InChI=1S/C21H26OSi/c1-15(2)21-17-9-6-5-8-16(17)14-19(21)18-10-7-11-20(18)23(3,4)13-12-22/h5-9,11,14,22H,10,12-13H2,1-4H3. The van der Waals surface area contributed by atoms with E-state index in [0.29, 0.717) is 6.61 Å². The molecule has 120 valence electrons. The molecule has 1 aromatic rings. The molecule has 2 heteroatoms. The Morgan fingerprint density at radius 1 is 1.17 bits per heavy atom. The number of allylic oxidation sites excluding steroid dienone is 7. The average molecular weight is 323 g/mol. The Morgan fingerprint density at radius 3 is 2.61 bits per heavy atom. The van der Waals surface area contributed by atoms with E-state index in [1.807, 2.05) is 0 Å². The van der Waals surface area contributed by atoms with Crippen LogP contribution in [0.4, 0.5) is 0 Å². The second-order valence-corrected chi connectivity index (χ2v) is 12.2. The van der Waals surface area contributed by atoms with Gasteiger partial charge in [-0.15, -0.1) is 0 Å². The van der Waals surface area contributed by atoms with Gasteiger partial charge in [0.05, 0.1) is 8.07 Å². The number of aliphatic hydroxyl groups is 1. The van der Waals surface area contributed by atoms with E-state index in [1.54, 1.807) is 0 Å². The monoisotopic (exact) mass is 322 g/mol. The first kappa shape index (κ1) is 16.2. The highest BCUT2D eigenvalue weighted by Gasteiger charge is 2.32. The van der Waals surface area contributed by atoms with Gasteiger partial charge in [-0.2, -0.15) is 0 Å². The lowest BCUT2D eigenvalue weighted by Crippen LogP contribution is -2.30. The molecule has 1 aromatic carbocycles. The summed E-state index contributed by atoms with van der Waals surface area (Å²) in [6.07, 6.45) is 8.00. The minimum atomic E-state index is -1.59. The molecule has 1 N–H and O–H groups in total. The first-order chi connectivity index (χ1) is 11.0. The summed E-state index contributed by atoms with van der Waals surface area (Å²) in [6.45, 7) is 9.46. The van der Waals surface area contributed by atoms with Crippen molar-refractivity contribution in [1.29, 1.82) is 0 Å². The molecule has 0 spiro atoms. The molecule has 0 saturated heterocycles. The lowest BCUT2D eigenvalue weighted by atomic mass is 9.93. The third-order valence-corrected chi connectivity index (χ3v) is 8.42. The minimum Gasteiger partial charge on any atom is -0.397 e. The van der Waals surface area contributed by atoms with Gasteiger partial charge < -0.3 is 5.11 Å². The quantitative estimate of drug-likeness (QED) is 0.739. The van der Waals surface area contributed by atoms with E-state index >= 15 is 0 Å². The van der Waals surface area contributed by atoms with E-state index in [-0.39, 0.29) is 0 Å². The van der Waals surface area contributed by atoms with Gasteiger partial charge in [0.2, 0.25) is 0 Å². The fourth-order valence-corrected chi connectivity index (χ4v) is 6.26. The van der Waals surface area contributed by atoms with Crippen LogP contribution >= 0.6 is 0 Å². The Kier molecular flexibility index (Phi) is 4.30. The van der Waals surface area contributed by atoms with Crippen LogP contribution in [0.5, 0.6) is 0 Å². The molecule has 0 unspecified atom stereocenters. The van der Waals surface area contributed by atoms with Crippen LogP contribution in [0.2, 0.25) is 19.1 Å². The second-order valence-electron chi connectivity index (χ2n) is 7.38. The highest BCUT2D eigenvalue weighted by atomic mass is 28.3. The molecule has 1 nitrogen and oxygen atoms in total. The molecular weight excluding hydrogens is 296 g/mol. The SMILES string of the molecule is CC(C)=C1C(C2=C([Si](C)(C)CCO)C=CC2)=Cc2ccccc21. The molecule has 0 atom stereocenters. The Hall–Kier alpha value is -1.64. The van der Waals surface area contributed by atoms with Crippen LogP contribution in [0.1, 0.15) is 31.4 Å². The van der Waals surface area contributed by atoms with E-state index < -0.39 is 8.07 Å². The molecule has 0 aromatic heterocycles. The third-order valence-electron chi connectivity index (χ3n) is 5.02. The van der Waals surface area contributed by atoms with Crippen LogP contribution in [0.3, 0.4) is 0 Å². The number of hydrogen-bond donors (Lipinski definition) is 1. The number of fused-ring (bicyclic) bond motifs is 1. The highest BCUT2D eigenvalue weighted by molar-refractivity contribution is 6.85. The molecule has 0 aliphatic heterocycles. The van der Waals surface area contributed by atoms with Crippen LogP contribution in [0.25, 0.3) is 11.6 Å². The van der Waals surface area contributed by atoms with E-state index in [0.717, 1.165) is 12.5 Å². The molecular formula is C21H26OSi. The summed E-state index contributed by atoms with van der Waals surface area (Å²) in [7, 11) is -1.59. The molecule has 3 rings (SSSR count). The van der Waals surface area contributed by atoms with Crippen molar-refractivity contribution in [1.82, 2.24) is 0 Å². The van der Waals surface area contributed by atoms with Gasteiger partial charge in [-0.3, -0.25) is 0 Å². The maximum atomic E-state index is 9.46. The summed E-state index contributed by atoms with van der Waals surface area (Å²) < 4.78 is 0. The Labute approximate surface area is 140 Å². The van der Waals surface area contributed by atoms with E-state index in [1.165, 1.54) is 38.6 Å². The topological polar surface area (TPSA) is 20.2 Å². The van der Waals surface area contributed by atoms with Crippen molar-refractivity contribution in [3.63, 3.8) is 0 Å². The number of aliphatic hydroxyl groups excluding tert-OH is 1. The molecule has 0 fully saturated rings. The predicted octanol–water partition coefficient (Wildman–Crippen LogP) is 5.37. The largest absolute Gasteiger partial charge is 0.397 e. The second kappa shape index (κ2) is 6.10. The lowest BCUT2D eigenvalue weighted by molar-refractivity contribution is 0.316. The number of benzene rings is 1. The molecule has 0 heterocycles. The summed E-state index contributed by atoms with van der Waals surface area (Å²) in [5, 5.41) is 11.0. The molecule has 0 amide bonds. The van der Waals surface area contributed by atoms with Crippen LogP contribution < -0.4 is 0 Å². The van der Waals surface area contributed by atoms with Crippen LogP contribution in [-0.2, 0) is 0 Å². The Balaban J connectivity index is 2.14. The van der Waals surface area contributed by atoms with E-state index in [9.17, 15) is 5.11 Å². The van der Waals surface area contributed by atoms with Gasteiger partial charge in [0.25, 0.3) is 0 Å². The Morgan fingerprint density at radius 2 is 1.91 bits per heavy atom. The predicted molar refractivity (Wildman–Crippen MR) is 103 cm³/mol. The van der Waals surface area contributed by atoms with Gasteiger partial charge in [-0.25, -0.2) is 0 Å². The van der Waals surface area contributed by atoms with Crippen molar-refractivity contribution in [3.05, 3.63) is 69.5 Å². The first-order valence-corrected chi connectivity index (χ1v) is 11.7. The van der Waals surface area contributed by atoms with Crippen molar-refractivity contribution < 1.29 is 5.11 Å². The molecule has 2 aliphatic carbocycles. The van der Waals surface area contributed by atoms with Gasteiger partial charge >= 0.3 is 0 Å². The third kappa shape index (κ3) is 2.82. The van der Waals surface area contributed by atoms with Crippen LogP contribution in [-0.4, -0.2) is 19.8 Å². The molecule has 0 bridgehead atoms. The zero-order valence-electron chi connectivity index (χ0n) is 14.6. The van der Waals surface area contributed by atoms with Crippen molar-refractivity contribution in [2.75, 3.05) is 6.61 Å². The van der Waals surface area contributed by atoms with Crippen molar-refractivity contribution in [2.24, 2.45) is 0 Å². The number of hydrogen-bond acceptors (Lipinski definition) is 1. The number of rotatable bonds is 4. The van der Waals surface area contributed by atoms with Gasteiger partial charge in [0.1, 0.15) is 0 Å². The van der Waals surface area contributed by atoms with Gasteiger partial charge in [-0.1, -0.05) is 60.3 Å². The zero-order chi connectivity index (χ0) is 16.6. The lowest BCUT2D eigenvalue weighted by Gasteiger charge is -2.25. The maximum Gasteiger partial charge on any atom is 0.0832 e. The summed E-state index contributed by atoms with van der Waals surface area (Å²) in [6, 6.07) is 9.63. The summed E-state index contributed by atoms with van der Waals surface area (Å²) in [5.41, 5.74) is 8.38. The zero-order valence-corrected chi connectivity index (χ0v) is 15.6. The average Bonchev–Trinajstić information content (AvgIpc) is 3.11. The van der Waals surface area contributed by atoms with E-state index in [2.05, 4.69) is 69.4 Å². The smallest absolute Gasteiger partial charge is 0.0832 e. The minimum absolute atomic E-state index is 0.290. The van der Waals surface area contributed by atoms with Gasteiger partial charge in [-0.05, 0) is 60.2 Å². The van der Waals surface area contributed by atoms with Crippen LogP contribution in [0, 0.1) is 0 Å². The van der Waals surface area contributed by atoms with Crippen LogP contribution in [0.15, 0.2) is 58.3 Å². The van der Waals surface area contributed by atoms with Crippen molar-refractivity contribution >= 4 is 19.7 Å². The normalized spacial score (nSPS) is 16.9. The highest BCUT2D eigenvalue weighted by Crippen LogP contribution is 2.45. The molecule has 2 aliphatic rings. The molecule has 0 radical (unpaired) electrons. The van der Waals surface area contributed by atoms with Crippen molar-refractivity contribution in [2.45, 2.75) is 39.4 Å². The molecule has 23 heavy (non-hydrogen) atoms. The van der Waals surface area contributed by atoms with Gasteiger partial charge in [0, 0.05) is 6.61 Å². The van der Waals surface area contributed by atoms with Gasteiger partial charge in [0.15, 0.2) is 0 Å². The Bertz CT molecular complexity index is 756. The summed E-state index contributed by atoms with van der Waals surface area (Å²) in [5.74, 6) is 0. The summed E-state index contributed by atoms with van der Waals surface area (Å²) in [4.78, 5) is 0. The maximum absolute atomic E-state index is 9.46. The van der Waals surface area contributed by atoms with E-state index in [4.69, 9.17) is 0 Å². The van der Waals surface area contributed by atoms with Crippen molar-refractivity contribution in [3.8, 4) is 0 Å².